The second-order valence-corrected chi connectivity index (χ2v) is 13.8. The van der Waals surface area contributed by atoms with Crippen molar-refractivity contribution in [3.63, 3.8) is 0 Å². The number of hydrogen-bond donors (Lipinski definition) is 1. The Hall–Kier alpha value is -0.323. The molecule has 0 aliphatic carbocycles. The van der Waals surface area contributed by atoms with E-state index >= 15 is 0 Å². The molecule has 1 heterocycles. The van der Waals surface area contributed by atoms with Crippen molar-refractivity contribution in [2.24, 2.45) is 0 Å². The van der Waals surface area contributed by atoms with E-state index in [1.807, 2.05) is 14.0 Å². The van der Waals surface area contributed by atoms with Crippen LogP contribution in [0.15, 0.2) is 0 Å². The highest BCUT2D eigenvalue weighted by Gasteiger charge is 2.51. The molecule has 0 aromatic rings. The van der Waals surface area contributed by atoms with Crippen molar-refractivity contribution in [2.75, 3.05) is 26.7 Å². The lowest BCUT2D eigenvalue weighted by atomic mass is 10.1. The third kappa shape index (κ3) is 6.41. The fourth-order valence-corrected chi connectivity index (χ4v) is 4.67. The molecule has 6 nitrogen and oxygen atoms in total. The van der Waals surface area contributed by atoms with Crippen molar-refractivity contribution in [3.05, 3.63) is 11.4 Å². The van der Waals surface area contributed by atoms with Gasteiger partial charge in [0.25, 0.3) is 0 Å². The monoisotopic (exact) mass is 389 g/mol. The molecule has 2 unspecified atom stereocenters. The Morgan fingerprint density at radius 3 is 2.48 bits per heavy atom. The number of hydrogen-bond acceptors (Lipinski definition) is 5. The standard InChI is InChI=1S/C17H34N2O4PSi/c1-13-15(23-25(8,9)17(2,3)4)16(14(21-13)12-19-6)22-24(7)20-11-10-18-5/h13-16,19H,7,10-12H2,1-4,6,8-9H3/q+1/t13-,14+,15+,16?/m0/s1. The van der Waals surface area contributed by atoms with Gasteiger partial charge in [-0.15, -0.1) is 9.05 Å². The average Bonchev–Trinajstić information content (AvgIpc) is 2.75. The summed E-state index contributed by atoms with van der Waals surface area (Å²) in [6, 6.07) is 0. The Labute approximate surface area is 155 Å². The number of nitrogens with one attached hydrogen (secondary N) is 1. The smallest absolute Gasteiger partial charge is 0.408 e. The summed E-state index contributed by atoms with van der Waals surface area (Å²) in [5.74, 6) is 0. The van der Waals surface area contributed by atoms with E-state index < -0.39 is 16.3 Å². The topological polar surface area (TPSA) is 53.3 Å². The second-order valence-electron chi connectivity index (χ2n) is 7.90. The summed E-state index contributed by atoms with van der Waals surface area (Å²) in [5, 5.41) is 3.27. The fourth-order valence-electron chi connectivity index (χ4n) is 2.44. The molecule has 0 radical (unpaired) electrons. The van der Waals surface area contributed by atoms with Crippen molar-refractivity contribution >= 4 is 22.6 Å². The first-order valence-corrected chi connectivity index (χ1v) is 13.0. The van der Waals surface area contributed by atoms with E-state index in [0.29, 0.717) is 19.7 Å². The maximum absolute atomic E-state index is 6.82. The van der Waals surface area contributed by atoms with Crippen LogP contribution in [0.4, 0.5) is 0 Å². The molecule has 1 aliphatic heterocycles. The van der Waals surface area contributed by atoms with E-state index in [-0.39, 0.29) is 29.5 Å². The van der Waals surface area contributed by atoms with Gasteiger partial charge in [0.1, 0.15) is 18.5 Å². The van der Waals surface area contributed by atoms with Gasteiger partial charge < -0.3 is 19.3 Å². The Kier molecular flexibility index (Phi) is 8.69. The summed E-state index contributed by atoms with van der Waals surface area (Å²) < 4.78 is 24.4. The molecule has 1 aliphatic rings. The van der Waals surface area contributed by atoms with Gasteiger partial charge in [0.05, 0.1) is 6.10 Å². The predicted octanol–water partition coefficient (Wildman–Crippen LogP) is 3.45. The molecule has 8 heteroatoms. The molecule has 1 saturated heterocycles. The van der Waals surface area contributed by atoms with Crippen LogP contribution in [-0.4, -0.2) is 65.8 Å². The van der Waals surface area contributed by atoms with Gasteiger partial charge in [0, 0.05) is 6.54 Å². The van der Waals surface area contributed by atoms with Gasteiger partial charge in [0.2, 0.25) is 6.54 Å². The van der Waals surface area contributed by atoms with Crippen molar-refractivity contribution < 1.29 is 18.2 Å². The van der Waals surface area contributed by atoms with Gasteiger partial charge in [-0.3, -0.25) is 0 Å². The first-order chi connectivity index (χ1) is 11.5. The van der Waals surface area contributed by atoms with E-state index in [1.54, 1.807) is 0 Å². The van der Waals surface area contributed by atoms with Crippen molar-refractivity contribution in [3.8, 4) is 0 Å². The van der Waals surface area contributed by atoms with Gasteiger partial charge in [0.15, 0.2) is 21.0 Å². The molecule has 1 rings (SSSR count). The van der Waals surface area contributed by atoms with Crippen LogP contribution >= 0.6 is 8.00 Å². The summed E-state index contributed by atoms with van der Waals surface area (Å²) in [4.78, 5) is 3.28. The van der Waals surface area contributed by atoms with E-state index in [9.17, 15) is 0 Å². The quantitative estimate of drug-likeness (QED) is 0.283. The number of rotatable bonds is 9. The summed E-state index contributed by atoms with van der Waals surface area (Å²) in [6.07, 6.45) is 3.44. The largest absolute Gasteiger partial charge is 0.423 e. The van der Waals surface area contributed by atoms with E-state index in [0.717, 1.165) is 0 Å². The van der Waals surface area contributed by atoms with Crippen molar-refractivity contribution in [1.82, 2.24) is 5.32 Å². The van der Waals surface area contributed by atoms with Crippen LogP contribution in [0.2, 0.25) is 18.1 Å². The number of likely N-dealkylation sites (N-methyl/N-ethyl adjacent to an activating group) is 1. The normalized spacial score (nSPS) is 28.0. The summed E-state index contributed by atoms with van der Waals surface area (Å²) in [7, 11) is -1.39. The van der Waals surface area contributed by atoms with Crippen LogP contribution in [-0.2, 0) is 18.2 Å². The molecule has 0 bridgehead atoms. The van der Waals surface area contributed by atoms with E-state index in [2.05, 4.69) is 50.3 Å². The molecule has 144 valence electrons. The minimum absolute atomic E-state index is 0.0517. The maximum Gasteiger partial charge on any atom is 0.423 e. The maximum atomic E-state index is 6.82. The van der Waals surface area contributed by atoms with Crippen LogP contribution in [0.1, 0.15) is 27.7 Å². The summed E-state index contributed by atoms with van der Waals surface area (Å²) >= 11 is 0. The highest BCUT2D eigenvalue weighted by Crippen LogP contribution is 2.42. The zero-order valence-electron chi connectivity index (χ0n) is 16.7. The zero-order valence-corrected chi connectivity index (χ0v) is 18.6. The molecule has 0 aromatic carbocycles. The molecular weight excluding hydrogens is 355 g/mol. The molecule has 1 N–H and O–H groups in total. The van der Waals surface area contributed by atoms with Crippen LogP contribution in [0.5, 0.6) is 0 Å². The van der Waals surface area contributed by atoms with Gasteiger partial charge in [-0.1, -0.05) is 20.8 Å². The Balaban J connectivity index is 2.88. The van der Waals surface area contributed by atoms with Gasteiger partial charge >= 0.3 is 8.00 Å². The van der Waals surface area contributed by atoms with Gasteiger partial charge in [-0.25, -0.2) is 6.57 Å². The lowest BCUT2D eigenvalue weighted by Gasteiger charge is -2.39. The number of nitrogens with zero attached hydrogens (tertiary/aromatic N) is 1. The Bertz CT molecular complexity index is 490. The Morgan fingerprint density at radius 1 is 1.32 bits per heavy atom. The average molecular weight is 390 g/mol. The van der Waals surface area contributed by atoms with E-state index in [4.69, 9.17) is 24.8 Å². The minimum Gasteiger partial charge on any atom is -0.408 e. The highest BCUT2D eigenvalue weighted by atomic mass is 31.1. The minimum atomic E-state index is -1.96. The van der Waals surface area contributed by atoms with Crippen LogP contribution in [0, 0.1) is 6.57 Å². The number of ether oxygens (including phenoxy) is 1. The highest BCUT2D eigenvalue weighted by molar-refractivity contribution is 7.45. The summed E-state index contributed by atoms with van der Waals surface area (Å²) in [5.41, 5.74) is 0. The van der Waals surface area contributed by atoms with Gasteiger partial charge in [-0.05, 0) is 32.1 Å². The van der Waals surface area contributed by atoms with Gasteiger partial charge in [-0.2, -0.15) is 0 Å². The SMILES string of the molecule is [C-]#[N+]CCO[P+](=C)OC1[C@@H](CNC)O[C@@H](C)[C@H]1O[Si](C)(C)C(C)(C)C. The van der Waals surface area contributed by atoms with Crippen LogP contribution in [0.3, 0.4) is 0 Å². The Morgan fingerprint density at radius 2 is 1.96 bits per heavy atom. The molecule has 1 fully saturated rings. The lowest BCUT2D eigenvalue weighted by molar-refractivity contribution is 0.0229. The van der Waals surface area contributed by atoms with E-state index in [1.165, 1.54) is 0 Å². The molecule has 5 atom stereocenters. The second kappa shape index (κ2) is 9.57. The first kappa shape index (κ1) is 22.7. The lowest BCUT2D eigenvalue weighted by Crippen LogP contribution is -2.49. The van der Waals surface area contributed by atoms with Crippen LogP contribution in [0.25, 0.3) is 4.85 Å². The fraction of sp³-hybridized carbons (Fsp3) is 0.882. The zero-order chi connectivity index (χ0) is 19.3. The van der Waals surface area contributed by atoms with Crippen molar-refractivity contribution in [2.45, 2.75) is 70.2 Å². The molecular formula is C17H34N2O4PSi+. The molecule has 0 amide bonds. The molecule has 0 saturated carbocycles. The molecule has 0 spiro atoms. The van der Waals surface area contributed by atoms with Crippen LogP contribution < -0.4 is 5.32 Å². The first-order valence-electron chi connectivity index (χ1n) is 8.75. The van der Waals surface area contributed by atoms with Crippen molar-refractivity contribution in [1.29, 1.82) is 0 Å². The predicted molar refractivity (Wildman–Crippen MR) is 107 cm³/mol. The third-order valence-corrected chi connectivity index (χ3v) is 10.3. The summed E-state index contributed by atoms with van der Waals surface area (Å²) in [6.45, 7) is 21.3. The molecule has 25 heavy (non-hydrogen) atoms. The third-order valence-electron chi connectivity index (χ3n) is 4.86. The molecule has 0 aromatic heterocycles.